The lowest BCUT2D eigenvalue weighted by atomic mass is 9.69. The molecule has 4 heteroatoms. The van der Waals surface area contributed by atoms with Crippen molar-refractivity contribution in [2.75, 3.05) is 13.1 Å². The number of hydrogen-bond donors (Lipinski definition) is 1. The summed E-state index contributed by atoms with van der Waals surface area (Å²) in [5, 5.41) is 3.16. The number of nitrogens with zero attached hydrogens (tertiary/aromatic N) is 1. The van der Waals surface area contributed by atoms with Gasteiger partial charge in [-0.05, 0) is 67.2 Å². The van der Waals surface area contributed by atoms with Gasteiger partial charge in [0, 0.05) is 25.2 Å². The van der Waals surface area contributed by atoms with E-state index in [1.807, 2.05) is 0 Å². The molecule has 1 aliphatic carbocycles. The van der Waals surface area contributed by atoms with Crippen LogP contribution in [0.1, 0.15) is 56.6 Å². The zero-order chi connectivity index (χ0) is 21.0. The topological polar surface area (TPSA) is 32.3 Å². The monoisotopic (exact) mass is 408 g/mol. The van der Waals surface area contributed by atoms with E-state index >= 15 is 0 Å². The van der Waals surface area contributed by atoms with Crippen molar-refractivity contribution in [1.82, 2.24) is 10.2 Å². The normalized spacial score (nSPS) is 25.7. The van der Waals surface area contributed by atoms with Gasteiger partial charge in [0.05, 0.1) is 6.42 Å². The van der Waals surface area contributed by atoms with Crippen molar-refractivity contribution in [3.63, 3.8) is 0 Å². The molecule has 0 aromatic heterocycles. The Bertz CT molecular complexity index is 837. The van der Waals surface area contributed by atoms with E-state index in [1.165, 1.54) is 43.4 Å². The third-order valence-corrected chi connectivity index (χ3v) is 7.19. The Kier molecular flexibility index (Phi) is 6.52. The van der Waals surface area contributed by atoms with Crippen LogP contribution in [-0.2, 0) is 16.6 Å². The zero-order valence-electron chi connectivity index (χ0n) is 17.9. The molecule has 30 heavy (non-hydrogen) atoms. The number of benzene rings is 2. The predicted octanol–water partition coefficient (Wildman–Crippen LogP) is 4.85. The van der Waals surface area contributed by atoms with Crippen LogP contribution in [0, 0.1) is 5.82 Å². The highest BCUT2D eigenvalue weighted by Gasteiger charge is 2.35. The summed E-state index contributed by atoms with van der Waals surface area (Å²) in [6, 6.07) is 18.2. The molecule has 1 saturated heterocycles. The zero-order valence-corrected chi connectivity index (χ0v) is 17.9. The van der Waals surface area contributed by atoms with E-state index in [4.69, 9.17) is 0 Å². The first-order valence-corrected chi connectivity index (χ1v) is 11.4. The molecule has 4 rings (SSSR count). The van der Waals surface area contributed by atoms with E-state index in [1.54, 1.807) is 12.1 Å². The number of nitrogens with one attached hydrogen (secondary N) is 1. The van der Waals surface area contributed by atoms with Crippen molar-refractivity contribution in [3.8, 4) is 0 Å². The molecular formula is C26H33FN2O. The summed E-state index contributed by atoms with van der Waals surface area (Å²) in [4.78, 5) is 15.0. The van der Waals surface area contributed by atoms with Gasteiger partial charge in [0.1, 0.15) is 5.82 Å². The van der Waals surface area contributed by atoms with Gasteiger partial charge in [-0.25, -0.2) is 4.39 Å². The van der Waals surface area contributed by atoms with E-state index in [9.17, 15) is 9.18 Å². The molecule has 0 bridgehead atoms. The summed E-state index contributed by atoms with van der Waals surface area (Å²) in [5.41, 5.74) is 2.51. The van der Waals surface area contributed by atoms with Crippen LogP contribution < -0.4 is 5.32 Å². The smallest absolute Gasteiger partial charge is 0.224 e. The molecule has 2 aliphatic rings. The third kappa shape index (κ3) is 5.10. The molecule has 1 amide bonds. The largest absolute Gasteiger partial charge is 0.353 e. The van der Waals surface area contributed by atoms with Gasteiger partial charge in [-0.2, -0.15) is 0 Å². The average Bonchev–Trinajstić information content (AvgIpc) is 2.75. The third-order valence-electron chi connectivity index (χ3n) is 7.19. The Hall–Kier alpha value is -2.20. The summed E-state index contributed by atoms with van der Waals surface area (Å²) >= 11 is 0. The molecule has 2 aromatic carbocycles. The van der Waals surface area contributed by atoms with Crippen LogP contribution in [0.15, 0.2) is 54.6 Å². The molecule has 0 unspecified atom stereocenters. The number of halogens is 1. The molecule has 2 aromatic rings. The van der Waals surface area contributed by atoms with E-state index < -0.39 is 0 Å². The first-order valence-electron chi connectivity index (χ1n) is 11.4. The number of rotatable bonds is 5. The summed E-state index contributed by atoms with van der Waals surface area (Å²) in [7, 11) is 0. The van der Waals surface area contributed by atoms with Crippen LogP contribution in [0.5, 0.6) is 0 Å². The highest BCUT2D eigenvalue weighted by Crippen LogP contribution is 2.40. The fourth-order valence-corrected chi connectivity index (χ4v) is 5.25. The Morgan fingerprint density at radius 3 is 2.40 bits per heavy atom. The Morgan fingerprint density at radius 1 is 1.03 bits per heavy atom. The average molecular weight is 409 g/mol. The van der Waals surface area contributed by atoms with Gasteiger partial charge in [0.25, 0.3) is 0 Å². The maximum atomic E-state index is 13.3. The lowest BCUT2D eigenvalue weighted by molar-refractivity contribution is -0.121. The molecule has 0 atom stereocenters. The number of carbonyl (C=O) groups is 1. The molecule has 160 valence electrons. The Balaban J connectivity index is 1.22. The van der Waals surface area contributed by atoms with E-state index in [2.05, 4.69) is 47.5 Å². The fourth-order valence-electron chi connectivity index (χ4n) is 5.25. The molecule has 1 heterocycles. The van der Waals surface area contributed by atoms with Gasteiger partial charge in [0.2, 0.25) is 5.91 Å². The highest BCUT2D eigenvalue weighted by atomic mass is 19.1. The van der Waals surface area contributed by atoms with Crippen LogP contribution in [0.25, 0.3) is 0 Å². The van der Waals surface area contributed by atoms with Crippen molar-refractivity contribution < 1.29 is 9.18 Å². The van der Waals surface area contributed by atoms with Gasteiger partial charge in [-0.1, -0.05) is 49.4 Å². The SMILES string of the molecule is CC1(c2ccccc2)CCC(N2CCC(NC(=O)Cc3cccc(F)c3)CC2)CC1. The van der Waals surface area contributed by atoms with E-state index in [-0.39, 0.29) is 24.2 Å². The van der Waals surface area contributed by atoms with Crippen LogP contribution in [-0.4, -0.2) is 36.0 Å². The summed E-state index contributed by atoms with van der Waals surface area (Å²) in [6.45, 7) is 4.52. The number of carbonyl (C=O) groups excluding carboxylic acids is 1. The second-order valence-electron chi connectivity index (χ2n) is 9.34. The van der Waals surface area contributed by atoms with Crippen LogP contribution in [0.3, 0.4) is 0 Å². The molecule has 1 N–H and O–H groups in total. The number of amides is 1. The molecule has 2 fully saturated rings. The molecular weight excluding hydrogens is 375 g/mol. The van der Waals surface area contributed by atoms with E-state index in [0.717, 1.165) is 31.5 Å². The minimum Gasteiger partial charge on any atom is -0.353 e. The summed E-state index contributed by atoms with van der Waals surface area (Å²) in [5.74, 6) is -0.292. The lowest BCUT2D eigenvalue weighted by Gasteiger charge is -2.44. The molecule has 3 nitrogen and oxygen atoms in total. The minimum atomic E-state index is -0.288. The Morgan fingerprint density at radius 2 is 1.73 bits per heavy atom. The van der Waals surface area contributed by atoms with Crippen molar-refractivity contribution in [1.29, 1.82) is 0 Å². The van der Waals surface area contributed by atoms with Gasteiger partial charge in [-0.3, -0.25) is 4.79 Å². The summed E-state index contributed by atoms with van der Waals surface area (Å²) in [6.07, 6.45) is 7.24. The summed E-state index contributed by atoms with van der Waals surface area (Å²) < 4.78 is 13.3. The standard InChI is InChI=1S/C26H33FN2O/c1-26(21-7-3-2-4-8-21)14-10-24(11-15-26)29-16-12-23(13-17-29)28-25(30)19-20-6-5-9-22(27)18-20/h2-9,18,23-24H,10-17,19H2,1H3,(H,28,30). The molecule has 0 radical (unpaired) electrons. The number of piperidine rings is 1. The first-order chi connectivity index (χ1) is 14.5. The molecule has 1 saturated carbocycles. The second-order valence-corrected chi connectivity index (χ2v) is 9.34. The predicted molar refractivity (Wildman–Crippen MR) is 119 cm³/mol. The number of likely N-dealkylation sites (tertiary alicyclic amines) is 1. The number of hydrogen-bond acceptors (Lipinski definition) is 2. The van der Waals surface area contributed by atoms with E-state index in [0.29, 0.717) is 11.5 Å². The highest BCUT2D eigenvalue weighted by molar-refractivity contribution is 5.78. The molecule has 1 aliphatic heterocycles. The van der Waals surface area contributed by atoms with Crippen molar-refractivity contribution in [3.05, 3.63) is 71.5 Å². The first kappa shape index (κ1) is 21.0. The van der Waals surface area contributed by atoms with Crippen molar-refractivity contribution in [2.45, 2.75) is 69.4 Å². The minimum absolute atomic E-state index is 0.00431. The van der Waals surface area contributed by atoms with Gasteiger partial charge in [0.15, 0.2) is 0 Å². The van der Waals surface area contributed by atoms with Crippen molar-refractivity contribution >= 4 is 5.91 Å². The quantitative estimate of drug-likeness (QED) is 0.767. The lowest BCUT2D eigenvalue weighted by Crippen LogP contribution is -2.49. The second kappa shape index (κ2) is 9.30. The van der Waals surface area contributed by atoms with Crippen LogP contribution >= 0.6 is 0 Å². The van der Waals surface area contributed by atoms with Gasteiger partial charge < -0.3 is 10.2 Å². The maximum absolute atomic E-state index is 13.3. The Labute approximate surface area is 179 Å². The fraction of sp³-hybridized carbons (Fsp3) is 0.500. The molecule has 0 spiro atoms. The van der Waals surface area contributed by atoms with Crippen molar-refractivity contribution in [2.24, 2.45) is 0 Å². The van der Waals surface area contributed by atoms with Crippen LogP contribution in [0.2, 0.25) is 0 Å². The van der Waals surface area contributed by atoms with Gasteiger partial charge in [-0.15, -0.1) is 0 Å². The van der Waals surface area contributed by atoms with Gasteiger partial charge >= 0.3 is 0 Å². The van der Waals surface area contributed by atoms with Crippen LogP contribution in [0.4, 0.5) is 4.39 Å². The maximum Gasteiger partial charge on any atom is 0.224 e.